The van der Waals surface area contributed by atoms with Crippen molar-refractivity contribution in [3.8, 4) is 6.07 Å². The lowest BCUT2D eigenvalue weighted by molar-refractivity contribution is 0.626. The average Bonchev–Trinajstić information content (AvgIpc) is 2.38. The fraction of sp³-hybridized carbons (Fsp3) is 0.200. The number of rotatable bonds is 1. The summed E-state index contributed by atoms with van der Waals surface area (Å²) in [6, 6.07) is 6.12. The molecule has 5 heteroatoms. The minimum Gasteiger partial charge on any atom is -0.372 e. The van der Waals surface area contributed by atoms with Gasteiger partial charge in [0, 0.05) is 16.4 Å². The van der Waals surface area contributed by atoms with Crippen LogP contribution >= 0.6 is 11.6 Å². The summed E-state index contributed by atoms with van der Waals surface area (Å²) in [6.45, 7) is 10.9. The predicted molar refractivity (Wildman–Crippen MR) is 74.9 cm³/mol. The quantitative estimate of drug-likeness (QED) is 0.790. The van der Waals surface area contributed by atoms with Crippen molar-refractivity contribution >= 4 is 11.6 Å². The Hall–Kier alpha value is -2.30. The zero-order valence-corrected chi connectivity index (χ0v) is 11.7. The van der Waals surface area contributed by atoms with Crippen LogP contribution in [0.1, 0.15) is 25.3 Å². The highest BCUT2D eigenvalue weighted by Crippen LogP contribution is 2.41. The molecule has 0 fully saturated rings. The van der Waals surface area contributed by atoms with Gasteiger partial charge in [-0.05, 0) is 31.5 Å². The van der Waals surface area contributed by atoms with Crippen LogP contribution in [0.2, 0.25) is 5.02 Å². The van der Waals surface area contributed by atoms with Crippen LogP contribution in [0.4, 0.5) is 4.39 Å². The van der Waals surface area contributed by atoms with Crippen molar-refractivity contribution in [1.29, 1.82) is 5.26 Å². The van der Waals surface area contributed by atoms with Gasteiger partial charge in [0.15, 0.2) is 5.70 Å². The van der Waals surface area contributed by atoms with E-state index in [1.165, 1.54) is 18.2 Å². The van der Waals surface area contributed by atoms with Crippen molar-refractivity contribution in [3.63, 3.8) is 0 Å². The molecule has 100 valence electrons. The first-order valence-electron chi connectivity index (χ1n) is 5.90. The van der Waals surface area contributed by atoms with Gasteiger partial charge in [-0.25, -0.2) is 9.24 Å². The number of nitriles is 1. The molecule has 0 radical (unpaired) electrons. The van der Waals surface area contributed by atoms with Gasteiger partial charge in [-0.2, -0.15) is 5.26 Å². The molecule has 0 saturated heterocycles. The predicted octanol–water partition coefficient (Wildman–Crippen LogP) is 4.11. The fourth-order valence-corrected chi connectivity index (χ4v) is 2.59. The third-order valence-electron chi connectivity index (χ3n) is 3.24. The summed E-state index contributed by atoms with van der Waals surface area (Å²) < 4.78 is 13.2. The Morgan fingerprint density at radius 3 is 2.65 bits per heavy atom. The Bertz CT molecular complexity index is 684. The van der Waals surface area contributed by atoms with E-state index >= 15 is 0 Å². The second-order valence-electron chi connectivity index (χ2n) is 4.50. The van der Waals surface area contributed by atoms with E-state index in [2.05, 4.69) is 16.2 Å². The molecule has 1 aliphatic heterocycles. The highest BCUT2D eigenvalue weighted by Gasteiger charge is 2.31. The first-order chi connectivity index (χ1) is 9.49. The smallest absolute Gasteiger partial charge is 0.196 e. The zero-order valence-electron chi connectivity index (χ0n) is 11.0. The van der Waals surface area contributed by atoms with Crippen molar-refractivity contribution < 1.29 is 4.39 Å². The second kappa shape index (κ2) is 5.36. The molecule has 1 aromatic rings. The molecule has 1 aromatic carbocycles. The molecule has 1 atom stereocenters. The van der Waals surface area contributed by atoms with Crippen LogP contribution in [0, 0.1) is 23.7 Å². The van der Waals surface area contributed by atoms with E-state index < -0.39 is 11.7 Å². The Kier molecular flexibility index (Phi) is 3.79. The van der Waals surface area contributed by atoms with Gasteiger partial charge in [0.25, 0.3) is 0 Å². The molecule has 0 spiro atoms. The van der Waals surface area contributed by atoms with E-state index in [9.17, 15) is 9.65 Å². The number of hydrogen-bond donors (Lipinski definition) is 1. The Labute approximate surface area is 121 Å². The Morgan fingerprint density at radius 1 is 1.40 bits per heavy atom. The average molecular weight is 288 g/mol. The number of halogens is 2. The molecule has 0 aliphatic carbocycles. The highest BCUT2D eigenvalue weighted by molar-refractivity contribution is 6.31. The molecule has 3 nitrogen and oxygen atoms in total. The van der Waals surface area contributed by atoms with Crippen LogP contribution in [0.15, 0.2) is 40.9 Å². The molecule has 0 aromatic heterocycles. The van der Waals surface area contributed by atoms with E-state index in [1.807, 2.05) is 0 Å². The summed E-state index contributed by atoms with van der Waals surface area (Å²) in [5.74, 6) is -0.996. The summed E-state index contributed by atoms with van der Waals surface area (Å²) in [5.41, 5.74) is 2.76. The van der Waals surface area contributed by atoms with E-state index in [1.54, 1.807) is 13.8 Å². The van der Waals surface area contributed by atoms with E-state index in [-0.39, 0.29) is 5.02 Å². The third kappa shape index (κ3) is 2.27. The molecule has 0 saturated carbocycles. The normalized spacial score (nSPS) is 18.4. The molecule has 20 heavy (non-hydrogen) atoms. The number of benzene rings is 1. The van der Waals surface area contributed by atoms with Crippen LogP contribution in [0.3, 0.4) is 0 Å². The van der Waals surface area contributed by atoms with E-state index in [4.69, 9.17) is 18.2 Å². The lowest BCUT2D eigenvalue weighted by atomic mass is 9.85. The van der Waals surface area contributed by atoms with Gasteiger partial charge in [0.05, 0.1) is 24.1 Å². The SMILES string of the molecule is [C-]#[N+]C1=C(C)NC(C)=C(C#N)C1c1ccc(F)cc1Cl. The number of nitrogens with zero attached hydrogens (tertiary/aromatic N) is 2. The number of allylic oxidation sites excluding steroid dienone is 3. The standard InChI is InChI=1S/C15H11ClFN3/c1-8-12(7-18)14(15(19-3)9(2)20-8)11-5-4-10(17)6-13(11)16/h4-6,14,20H,1-2H3. The first kappa shape index (κ1) is 14.1. The highest BCUT2D eigenvalue weighted by atomic mass is 35.5. The lowest BCUT2D eigenvalue weighted by Crippen LogP contribution is -2.23. The van der Waals surface area contributed by atoms with Gasteiger partial charge in [-0.15, -0.1) is 0 Å². The Morgan fingerprint density at radius 2 is 2.10 bits per heavy atom. The maximum atomic E-state index is 13.2. The fourth-order valence-electron chi connectivity index (χ4n) is 2.32. The molecular formula is C15H11ClFN3. The third-order valence-corrected chi connectivity index (χ3v) is 3.57. The molecule has 1 unspecified atom stereocenters. The molecule has 1 N–H and O–H groups in total. The van der Waals surface area contributed by atoms with Crippen LogP contribution in [0.5, 0.6) is 0 Å². The summed E-state index contributed by atoms with van der Waals surface area (Å²) >= 11 is 6.08. The van der Waals surface area contributed by atoms with Crippen molar-refractivity contribution in [2.45, 2.75) is 19.8 Å². The molecule has 1 heterocycles. The molecule has 2 rings (SSSR count). The van der Waals surface area contributed by atoms with E-state index in [0.29, 0.717) is 28.2 Å². The maximum absolute atomic E-state index is 13.2. The summed E-state index contributed by atoms with van der Waals surface area (Å²) in [6.07, 6.45) is 0. The maximum Gasteiger partial charge on any atom is 0.196 e. The molecular weight excluding hydrogens is 277 g/mol. The van der Waals surface area contributed by atoms with Gasteiger partial charge < -0.3 is 5.32 Å². The van der Waals surface area contributed by atoms with Gasteiger partial charge in [0.2, 0.25) is 0 Å². The van der Waals surface area contributed by atoms with E-state index in [0.717, 1.165) is 0 Å². The second-order valence-corrected chi connectivity index (χ2v) is 4.90. The van der Waals surface area contributed by atoms with Crippen molar-refractivity contribution in [3.05, 3.63) is 68.7 Å². The molecule has 0 bridgehead atoms. The van der Waals surface area contributed by atoms with Gasteiger partial charge in [-0.1, -0.05) is 17.7 Å². The van der Waals surface area contributed by atoms with Crippen molar-refractivity contribution in [2.75, 3.05) is 0 Å². The zero-order chi connectivity index (χ0) is 14.9. The van der Waals surface area contributed by atoms with Gasteiger partial charge in [-0.3, -0.25) is 0 Å². The lowest BCUT2D eigenvalue weighted by Gasteiger charge is -2.26. The van der Waals surface area contributed by atoms with Gasteiger partial charge >= 0.3 is 0 Å². The summed E-state index contributed by atoms with van der Waals surface area (Å²) in [5, 5.41) is 12.6. The monoisotopic (exact) mass is 287 g/mol. The topological polar surface area (TPSA) is 40.2 Å². The van der Waals surface area contributed by atoms with Crippen molar-refractivity contribution in [2.24, 2.45) is 0 Å². The van der Waals surface area contributed by atoms with Gasteiger partial charge in [0.1, 0.15) is 5.82 Å². The minimum atomic E-state index is -0.549. The summed E-state index contributed by atoms with van der Waals surface area (Å²) in [7, 11) is 0. The largest absolute Gasteiger partial charge is 0.372 e. The number of dihydropyridines is 1. The minimum absolute atomic E-state index is 0.214. The van der Waals surface area contributed by atoms with Crippen LogP contribution < -0.4 is 5.32 Å². The number of nitrogens with one attached hydrogen (secondary N) is 1. The first-order valence-corrected chi connectivity index (χ1v) is 6.28. The molecule has 0 amide bonds. The van der Waals surface area contributed by atoms with Crippen LogP contribution in [-0.4, -0.2) is 0 Å². The van der Waals surface area contributed by atoms with Crippen LogP contribution in [-0.2, 0) is 0 Å². The summed E-state index contributed by atoms with van der Waals surface area (Å²) in [4.78, 5) is 3.51. The molecule has 1 aliphatic rings. The van der Waals surface area contributed by atoms with Crippen molar-refractivity contribution in [1.82, 2.24) is 5.32 Å². The van der Waals surface area contributed by atoms with Crippen LogP contribution in [0.25, 0.3) is 4.85 Å². The Balaban J connectivity index is 2.69. The number of hydrogen-bond acceptors (Lipinski definition) is 2.